The topological polar surface area (TPSA) is 253 Å². The minimum absolute atomic E-state index is 0.0479. The molecule has 5 aromatic rings. The molecule has 7 rings (SSSR count). The molecular formula is C53H67ClN10O10S2. The summed E-state index contributed by atoms with van der Waals surface area (Å²) in [5, 5.41) is 19.1. The monoisotopic (exact) mass is 1100 g/mol. The fourth-order valence-corrected chi connectivity index (χ4v) is 10.9. The number of aliphatic imine (C=N–C) groups is 1. The van der Waals surface area contributed by atoms with Gasteiger partial charge >= 0.3 is 5.97 Å². The van der Waals surface area contributed by atoms with Crippen molar-refractivity contribution in [2.75, 3.05) is 72.5 Å². The number of carbonyl (C=O) groups excluding carboxylic acids is 5. The summed E-state index contributed by atoms with van der Waals surface area (Å²) in [7, 11) is 0. The van der Waals surface area contributed by atoms with Crippen LogP contribution in [0.3, 0.4) is 0 Å². The first-order valence-electron chi connectivity index (χ1n) is 25.1. The van der Waals surface area contributed by atoms with Crippen molar-refractivity contribution in [3.8, 4) is 15.4 Å². The molecule has 2 aliphatic heterocycles. The first-order chi connectivity index (χ1) is 36.4. The third-order valence-electron chi connectivity index (χ3n) is 12.8. The number of benzene rings is 2. The Kier molecular flexibility index (Phi) is 20.4. The van der Waals surface area contributed by atoms with Gasteiger partial charge in [0.2, 0.25) is 23.6 Å². The minimum atomic E-state index is -1.06. The molecule has 5 N–H and O–H groups in total. The van der Waals surface area contributed by atoms with Crippen LogP contribution in [-0.4, -0.2) is 151 Å². The van der Waals surface area contributed by atoms with Crippen molar-refractivity contribution >= 4 is 69.6 Å². The second kappa shape index (κ2) is 26.9. The zero-order valence-electron chi connectivity index (χ0n) is 43.9. The molecule has 0 unspecified atom stereocenters. The smallest absolute Gasteiger partial charge is 0.332 e. The summed E-state index contributed by atoms with van der Waals surface area (Å²) in [6, 6.07) is 12.7. The van der Waals surface area contributed by atoms with E-state index < -0.39 is 53.3 Å². The zero-order chi connectivity index (χ0) is 54.5. The van der Waals surface area contributed by atoms with Crippen LogP contribution in [0.5, 0.6) is 0 Å². The van der Waals surface area contributed by atoms with Crippen LogP contribution in [-0.2, 0) is 54.2 Å². The molecule has 0 aliphatic carbocycles. The van der Waals surface area contributed by atoms with Crippen LogP contribution in [0.25, 0.3) is 15.4 Å². The third-order valence-corrected chi connectivity index (χ3v) is 15.2. The van der Waals surface area contributed by atoms with Gasteiger partial charge in [0.1, 0.15) is 48.3 Å². The molecule has 0 radical (unpaired) electrons. The second-order valence-electron chi connectivity index (χ2n) is 19.5. The highest BCUT2D eigenvalue weighted by atomic mass is 35.5. The number of hydrogen-bond donors (Lipinski definition) is 4. The summed E-state index contributed by atoms with van der Waals surface area (Å²) < 4.78 is 29.8. The van der Waals surface area contributed by atoms with Crippen LogP contribution in [0, 0.1) is 33.1 Å². The van der Waals surface area contributed by atoms with Gasteiger partial charge in [-0.1, -0.05) is 68.8 Å². The summed E-state index contributed by atoms with van der Waals surface area (Å²) in [6.45, 7) is 14.5. The molecule has 23 heteroatoms. The van der Waals surface area contributed by atoms with Gasteiger partial charge in [0.15, 0.2) is 5.82 Å². The molecule has 1 fully saturated rings. The number of aryl methyl sites for hydroxylation is 3. The van der Waals surface area contributed by atoms with E-state index in [0.717, 1.165) is 54.0 Å². The summed E-state index contributed by atoms with van der Waals surface area (Å²) >= 11 is 9.44. The van der Waals surface area contributed by atoms with Crippen molar-refractivity contribution in [3.63, 3.8) is 0 Å². The van der Waals surface area contributed by atoms with Gasteiger partial charge in [-0.25, -0.2) is 9.78 Å². The predicted molar refractivity (Wildman–Crippen MR) is 289 cm³/mol. The van der Waals surface area contributed by atoms with E-state index in [2.05, 4.69) is 45.0 Å². The number of fused-ring (bicyclic) bond motifs is 3. The van der Waals surface area contributed by atoms with Crippen LogP contribution in [0.4, 0.5) is 0 Å². The Balaban J connectivity index is 0.834. The van der Waals surface area contributed by atoms with Gasteiger partial charge in [0.25, 0.3) is 0 Å². The molecule has 0 spiro atoms. The van der Waals surface area contributed by atoms with Crippen molar-refractivity contribution < 1.29 is 47.7 Å². The first-order valence-corrected chi connectivity index (χ1v) is 27.2. The number of hydrogen-bond acceptors (Lipinski definition) is 17. The van der Waals surface area contributed by atoms with E-state index in [0.29, 0.717) is 16.7 Å². The number of likely N-dealkylation sites (tertiary alicyclic amines) is 1. The highest BCUT2D eigenvalue weighted by Gasteiger charge is 2.46. The second-order valence-corrected chi connectivity index (χ2v) is 22.0. The van der Waals surface area contributed by atoms with Crippen molar-refractivity contribution in [3.05, 3.63) is 104 Å². The van der Waals surface area contributed by atoms with Gasteiger partial charge in [-0.2, -0.15) is 0 Å². The van der Waals surface area contributed by atoms with Crippen LogP contribution >= 0.6 is 34.3 Å². The normalized spacial score (nSPS) is 16.6. The molecule has 4 atom stereocenters. The Labute approximate surface area is 455 Å². The van der Waals surface area contributed by atoms with Gasteiger partial charge in [0, 0.05) is 47.1 Å². The SMILES string of the molecule is Cc1ncsc1-c1ccc(CNC(=O)[C@@H]2C[C@@H](OC(=O)COCCN)CN2C(=O)[C@@H](NC(=O)COCCOCCOCCNC(=O)C[C@@H]2N=C(c3ccc(Cl)cc3)c3c(sc(C)c3C)-n3c(C)nnc32)C(C)(C)C)cc1. The number of thiazole rings is 1. The van der Waals surface area contributed by atoms with Gasteiger partial charge in [0.05, 0.1) is 74.4 Å². The number of nitrogens with one attached hydrogen (secondary N) is 3. The van der Waals surface area contributed by atoms with Crippen LogP contribution < -0.4 is 21.7 Å². The summed E-state index contributed by atoms with van der Waals surface area (Å²) in [5.41, 5.74) is 13.0. The lowest BCUT2D eigenvalue weighted by Gasteiger charge is -2.35. The Hall–Kier alpha value is -5.98. The van der Waals surface area contributed by atoms with E-state index in [9.17, 15) is 24.0 Å². The third kappa shape index (κ3) is 14.9. The molecule has 0 saturated carbocycles. The number of thiophene rings is 1. The van der Waals surface area contributed by atoms with E-state index in [4.69, 9.17) is 46.0 Å². The zero-order valence-corrected chi connectivity index (χ0v) is 46.3. The summed E-state index contributed by atoms with van der Waals surface area (Å²) in [6.07, 6.45) is -0.701. The Morgan fingerprint density at radius 3 is 2.21 bits per heavy atom. The molecule has 20 nitrogen and oxygen atoms in total. The number of esters is 1. The maximum absolute atomic E-state index is 14.4. The molecule has 3 aromatic heterocycles. The lowest BCUT2D eigenvalue weighted by Crippen LogP contribution is -2.58. The average molecular weight is 1100 g/mol. The van der Waals surface area contributed by atoms with E-state index in [1.165, 1.54) is 4.90 Å². The highest BCUT2D eigenvalue weighted by molar-refractivity contribution is 7.15. The number of halogens is 1. The van der Waals surface area contributed by atoms with Gasteiger partial charge < -0.3 is 50.3 Å². The lowest BCUT2D eigenvalue weighted by atomic mass is 9.85. The minimum Gasteiger partial charge on any atom is -0.459 e. The molecule has 76 heavy (non-hydrogen) atoms. The molecule has 5 heterocycles. The molecule has 2 aliphatic rings. The van der Waals surface area contributed by atoms with E-state index in [-0.39, 0.29) is 97.8 Å². The van der Waals surface area contributed by atoms with Crippen molar-refractivity contribution in [1.82, 2.24) is 40.6 Å². The van der Waals surface area contributed by atoms with Gasteiger partial charge in [-0.15, -0.1) is 32.9 Å². The summed E-state index contributed by atoms with van der Waals surface area (Å²) in [5.74, 6) is -1.04. The van der Waals surface area contributed by atoms with Crippen LogP contribution in [0.1, 0.15) is 84.1 Å². The average Bonchev–Trinajstić information content (AvgIpc) is 4.19. The van der Waals surface area contributed by atoms with Gasteiger partial charge in [-0.05, 0) is 61.9 Å². The summed E-state index contributed by atoms with van der Waals surface area (Å²) in [4.78, 5) is 80.5. The van der Waals surface area contributed by atoms with E-state index >= 15 is 0 Å². The lowest BCUT2D eigenvalue weighted by molar-refractivity contribution is -0.154. The van der Waals surface area contributed by atoms with Crippen molar-refractivity contribution in [1.29, 1.82) is 0 Å². The number of rotatable bonds is 25. The Morgan fingerprint density at radius 2 is 1.53 bits per heavy atom. The number of amides is 4. The quantitative estimate of drug-likeness (QED) is 0.0437. The Morgan fingerprint density at radius 1 is 0.842 bits per heavy atom. The maximum Gasteiger partial charge on any atom is 0.332 e. The largest absolute Gasteiger partial charge is 0.459 e. The standard InChI is InChI=1S/C53H67ClN10O10S2/c1-31-33(3)76-52-45(31)46(36-12-14-38(54)15-13-36)59-40(49-62-61-34(4)64(49)52)25-42(65)56-17-19-70-20-21-71-22-23-73-28-43(66)60-48(53(5,6)7)51(69)63-27-39(74-44(67)29-72-18-16-55)24-41(63)50(68)57-26-35-8-10-37(11-9-35)47-32(2)58-30-75-47/h8-15,30,39-41,48H,16-29,55H2,1-7H3,(H,56,65)(H,57,68)(H,60,66)/t39-,40+,41+,48-/m1/s1. The maximum atomic E-state index is 14.4. The number of nitrogens with two attached hydrogens (primary N) is 1. The van der Waals surface area contributed by atoms with Crippen LogP contribution in [0.2, 0.25) is 5.02 Å². The highest BCUT2D eigenvalue weighted by Crippen LogP contribution is 2.40. The fourth-order valence-electron chi connectivity index (χ4n) is 8.76. The number of nitrogens with zero attached hydrogens (tertiary/aromatic N) is 6. The molecule has 1 saturated heterocycles. The molecular weight excluding hydrogens is 1040 g/mol. The van der Waals surface area contributed by atoms with E-state index in [1.54, 1.807) is 49.0 Å². The first kappa shape index (κ1) is 57.7. The van der Waals surface area contributed by atoms with E-state index in [1.807, 2.05) is 66.9 Å². The molecule has 4 amide bonds. The van der Waals surface area contributed by atoms with Crippen molar-refractivity contribution in [2.24, 2.45) is 16.1 Å². The molecule has 0 bridgehead atoms. The number of carbonyl (C=O) groups is 5. The number of ether oxygens (including phenoxy) is 5. The predicted octanol–water partition coefficient (Wildman–Crippen LogP) is 5.12. The van der Waals surface area contributed by atoms with Gasteiger partial charge in [-0.3, -0.25) is 28.7 Å². The molecule has 2 aromatic carbocycles. The number of aromatic nitrogens is 4. The Bertz CT molecular complexity index is 2850. The van der Waals surface area contributed by atoms with Crippen molar-refractivity contribution in [2.45, 2.75) is 92.1 Å². The fraction of sp³-hybridized carbons (Fsp3) is 0.491. The van der Waals surface area contributed by atoms with Crippen LogP contribution in [0.15, 0.2) is 59.0 Å². The molecule has 408 valence electrons.